The van der Waals surface area contributed by atoms with E-state index in [2.05, 4.69) is 5.32 Å². The van der Waals surface area contributed by atoms with Crippen LogP contribution < -0.4 is 20.5 Å². The first kappa shape index (κ1) is 21.1. The van der Waals surface area contributed by atoms with Crippen molar-refractivity contribution in [3.05, 3.63) is 17.7 Å². The smallest absolute Gasteiger partial charge is 0.338 e. The van der Waals surface area contributed by atoms with Crippen LogP contribution in [0.25, 0.3) is 0 Å². The summed E-state index contributed by atoms with van der Waals surface area (Å²) in [5.74, 6) is -0.0976. The number of benzene rings is 1. The van der Waals surface area contributed by atoms with Crippen LogP contribution in [0.3, 0.4) is 0 Å². The maximum absolute atomic E-state index is 12.6. The third-order valence-electron chi connectivity index (χ3n) is 4.24. The molecule has 25 heavy (non-hydrogen) atoms. The number of esters is 1. The standard InChI is InChI=1S/C17H24N2O5.ClH/c1-22-14-9-11(17(21)24-3)8-13(15(14)23-2)19-16(20)10-5-4-6-12(18)7-10;/h8-10,12H,4-7,18H2,1-3H3,(H,19,20);1H. The molecular formula is C17H25ClN2O5. The fourth-order valence-electron chi connectivity index (χ4n) is 2.99. The molecule has 1 aliphatic carbocycles. The van der Waals surface area contributed by atoms with E-state index in [0.29, 0.717) is 23.6 Å². The molecule has 1 fully saturated rings. The topological polar surface area (TPSA) is 99.9 Å². The van der Waals surface area contributed by atoms with Crippen LogP contribution in [0.15, 0.2) is 12.1 Å². The van der Waals surface area contributed by atoms with Crippen molar-refractivity contribution in [1.29, 1.82) is 0 Å². The van der Waals surface area contributed by atoms with Crippen molar-refractivity contribution in [3.8, 4) is 11.5 Å². The van der Waals surface area contributed by atoms with Gasteiger partial charge in [0.1, 0.15) is 0 Å². The summed E-state index contributed by atoms with van der Waals surface area (Å²) in [4.78, 5) is 24.4. The van der Waals surface area contributed by atoms with Crippen molar-refractivity contribution in [3.63, 3.8) is 0 Å². The molecule has 1 aliphatic rings. The van der Waals surface area contributed by atoms with Gasteiger partial charge in [0.15, 0.2) is 11.5 Å². The molecule has 0 saturated heterocycles. The first-order valence-electron chi connectivity index (χ1n) is 7.91. The molecule has 2 atom stereocenters. The van der Waals surface area contributed by atoms with Crippen LogP contribution in [0.5, 0.6) is 11.5 Å². The highest BCUT2D eigenvalue weighted by Gasteiger charge is 2.27. The molecule has 0 aromatic heterocycles. The molecule has 1 aromatic rings. The summed E-state index contributed by atoms with van der Waals surface area (Å²) in [7, 11) is 4.23. The van der Waals surface area contributed by atoms with Crippen LogP contribution in [0.2, 0.25) is 0 Å². The molecule has 1 saturated carbocycles. The van der Waals surface area contributed by atoms with E-state index >= 15 is 0 Å². The molecule has 8 heteroatoms. The summed E-state index contributed by atoms with van der Waals surface area (Å²) in [5, 5.41) is 2.84. The second-order valence-corrected chi connectivity index (χ2v) is 5.86. The lowest BCUT2D eigenvalue weighted by Crippen LogP contribution is -2.34. The Morgan fingerprint density at radius 2 is 1.88 bits per heavy atom. The van der Waals surface area contributed by atoms with E-state index in [-0.39, 0.29) is 35.8 Å². The zero-order valence-corrected chi connectivity index (χ0v) is 15.5. The predicted molar refractivity (Wildman–Crippen MR) is 96.7 cm³/mol. The second kappa shape index (κ2) is 9.48. The molecule has 140 valence electrons. The van der Waals surface area contributed by atoms with Gasteiger partial charge in [-0.2, -0.15) is 0 Å². The van der Waals surface area contributed by atoms with E-state index in [0.717, 1.165) is 19.3 Å². The molecule has 0 spiro atoms. The van der Waals surface area contributed by atoms with Gasteiger partial charge in [0, 0.05) is 12.0 Å². The maximum Gasteiger partial charge on any atom is 0.338 e. The predicted octanol–water partition coefficient (Wildman–Crippen LogP) is 2.37. The number of nitrogens with one attached hydrogen (secondary N) is 1. The molecule has 2 unspecified atom stereocenters. The number of hydrogen-bond acceptors (Lipinski definition) is 6. The number of nitrogens with two attached hydrogens (primary N) is 1. The third-order valence-corrected chi connectivity index (χ3v) is 4.24. The number of amides is 1. The molecule has 1 amide bonds. The monoisotopic (exact) mass is 372 g/mol. The van der Waals surface area contributed by atoms with Crippen LogP contribution >= 0.6 is 12.4 Å². The van der Waals surface area contributed by atoms with Crippen LogP contribution in [0.1, 0.15) is 36.0 Å². The van der Waals surface area contributed by atoms with E-state index in [4.69, 9.17) is 19.9 Å². The number of methoxy groups -OCH3 is 3. The van der Waals surface area contributed by atoms with Crippen LogP contribution in [0.4, 0.5) is 5.69 Å². The number of carbonyl (C=O) groups is 2. The Bertz CT molecular complexity index is 623. The van der Waals surface area contributed by atoms with E-state index < -0.39 is 5.97 Å². The lowest BCUT2D eigenvalue weighted by Gasteiger charge is -2.26. The summed E-state index contributed by atoms with van der Waals surface area (Å²) >= 11 is 0. The van der Waals surface area contributed by atoms with Crippen molar-refractivity contribution in [2.45, 2.75) is 31.7 Å². The Hall–Kier alpha value is -1.99. The van der Waals surface area contributed by atoms with Gasteiger partial charge in [-0.1, -0.05) is 6.42 Å². The zero-order chi connectivity index (χ0) is 17.7. The lowest BCUT2D eigenvalue weighted by molar-refractivity contribution is -0.120. The quantitative estimate of drug-likeness (QED) is 0.769. The Morgan fingerprint density at radius 1 is 1.16 bits per heavy atom. The summed E-state index contributed by atoms with van der Waals surface area (Å²) in [6.45, 7) is 0. The van der Waals surface area contributed by atoms with Crippen molar-refractivity contribution < 1.29 is 23.8 Å². The van der Waals surface area contributed by atoms with Gasteiger partial charge >= 0.3 is 5.97 Å². The molecule has 0 heterocycles. The van der Waals surface area contributed by atoms with Crippen LogP contribution in [0, 0.1) is 5.92 Å². The molecule has 7 nitrogen and oxygen atoms in total. The number of halogens is 1. The van der Waals surface area contributed by atoms with Crippen molar-refractivity contribution in [2.75, 3.05) is 26.6 Å². The van der Waals surface area contributed by atoms with Crippen molar-refractivity contribution in [2.24, 2.45) is 11.7 Å². The number of anilines is 1. The Labute approximate surface area is 153 Å². The van der Waals surface area contributed by atoms with Gasteiger partial charge < -0.3 is 25.3 Å². The molecule has 2 rings (SSSR count). The summed E-state index contributed by atoms with van der Waals surface area (Å²) in [6, 6.07) is 3.08. The first-order chi connectivity index (χ1) is 11.5. The lowest BCUT2D eigenvalue weighted by atomic mass is 9.85. The van der Waals surface area contributed by atoms with Gasteiger partial charge in [0.25, 0.3) is 0 Å². The summed E-state index contributed by atoms with van der Waals surface area (Å²) < 4.78 is 15.3. The Morgan fingerprint density at radius 3 is 2.44 bits per heavy atom. The minimum atomic E-state index is -0.522. The van der Waals surface area contributed by atoms with Gasteiger partial charge in [0.05, 0.1) is 32.6 Å². The molecule has 0 radical (unpaired) electrons. The fraction of sp³-hybridized carbons (Fsp3) is 0.529. The SMILES string of the molecule is COC(=O)c1cc(NC(=O)C2CCCC(N)C2)c(OC)c(OC)c1.Cl. The van der Waals surface area contributed by atoms with Gasteiger partial charge in [-0.3, -0.25) is 4.79 Å². The molecule has 0 aliphatic heterocycles. The number of carbonyl (C=O) groups excluding carboxylic acids is 2. The van der Waals surface area contributed by atoms with Gasteiger partial charge in [-0.05, 0) is 31.4 Å². The van der Waals surface area contributed by atoms with Crippen molar-refractivity contribution >= 4 is 30.0 Å². The highest BCUT2D eigenvalue weighted by Crippen LogP contribution is 2.37. The third kappa shape index (κ3) is 4.99. The Balaban J connectivity index is 0.00000312. The van der Waals surface area contributed by atoms with E-state index in [1.54, 1.807) is 0 Å². The summed E-state index contributed by atoms with van der Waals surface area (Å²) in [5.41, 5.74) is 6.60. The Kier molecular flexibility index (Phi) is 7.99. The minimum absolute atomic E-state index is 0. The number of rotatable bonds is 5. The molecule has 1 aromatic carbocycles. The van der Waals surface area contributed by atoms with Crippen LogP contribution in [-0.2, 0) is 9.53 Å². The van der Waals surface area contributed by atoms with Crippen molar-refractivity contribution in [1.82, 2.24) is 0 Å². The highest BCUT2D eigenvalue weighted by molar-refractivity contribution is 5.98. The van der Waals surface area contributed by atoms with E-state index in [9.17, 15) is 9.59 Å². The molecule has 0 bridgehead atoms. The van der Waals surface area contributed by atoms with E-state index in [1.165, 1.54) is 33.5 Å². The van der Waals surface area contributed by atoms with Gasteiger partial charge in [-0.15, -0.1) is 12.4 Å². The summed E-state index contributed by atoms with van der Waals surface area (Å²) in [6.07, 6.45) is 3.33. The number of ether oxygens (including phenoxy) is 3. The first-order valence-corrected chi connectivity index (χ1v) is 7.91. The average molecular weight is 373 g/mol. The van der Waals surface area contributed by atoms with Crippen LogP contribution in [-0.4, -0.2) is 39.2 Å². The minimum Gasteiger partial charge on any atom is -0.493 e. The average Bonchev–Trinajstić information content (AvgIpc) is 2.60. The van der Waals surface area contributed by atoms with E-state index in [1.807, 2.05) is 0 Å². The van der Waals surface area contributed by atoms with Gasteiger partial charge in [0.2, 0.25) is 5.91 Å². The normalized spacial score (nSPS) is 19.4. The van der Waals surface area contributed by atoms with Gasteiger partial charge in [-0.25, -0.2) is 4.79 Å². The molecule has 3 N–H and O–H groups in total. The zero-order valence-electron chi connectivity index (χ0n) is 14.7. The number of hydrogen-bond donors (Lipinski definition) is 2. The second-order valence-electron chi connectivity index (χ2n) is 5.86. The largest absolute Gasteiger partial charge is 0.493 e. The maximum atomic E-state index is 12.6. The molecular weight excluding hydrogens is 348 g/mol. The highest BCUT2D eigenvalue weighted by atomic mass is 35.5. The fourth-order valence-corrected chi connectivity index (χ4v) is 2.99.